The number of methoxy groups -OCH3 is 1. The van der Waals surface area contributed by atoms with Gasteiger partial charge in [0.1, 0.15) is 11.6 Å². The molecule has 3 nitrogen and oxygen atoms in total. The first kappa shape index (κ1) is 13.9. The fourth-order valence-corrected chi connectivity index (χ4v) is 1.91. The number of hydrogen-bond donors (Lipinski definition) is 1. The topological polar surface area (TPSA) is 45.0 Å². The van der Waals surface area contributed by atoms with Crippen molar-refractivity contribution >= 4 is 5.69 Å². The van der Waals surface area contributed by atoms with Crippen LogP contribution in [0.2, 0.25) is 0 Å². The van der Waals surface area contributed by atoms with E-state index in [1.165, 1.54) is 6.07 Å². The SMILES string of the molecule is COc1cccc(CNc2cc(C#N)cc(F)c2C)c1. The van der Waals surface area contributed by atoms with Gasteiger partial charge in [-0.15, -0.1) is 0 Å². The molecule has 0 radical (unpaired) electrons. The summed E-state index contributed by atoms with van der Waals surface area (Å²) in [5.74, 6) is 0.398. The molecule has 0 amide bonds. The summed E-state index contributed by atoms with van der Waals surface area (Å²) in [4.78, 5) is 0. The Bertz CT molecular complexity index is 662. The van der Waals surface area contributed by atoms with Gasteiger partial charge in [0.05, 0.1) is 18.7 Å². The highest BCUT2D eigenvalue weighted by atomic mass is 19.1. The van der Waals surface area contributed by atoms with Gasteiger partial charge in [-0.25, -0.2) is 4.39 Å². The minimum atomic E-state index is -0.378. The zero-order valence-corrected chi connectivity index (χ0v) is 11.4. The van der Waals surface area contributed by atoms with Crippen molar-refractivity contribution in [1.82, 2.24) is 0 Å². The molecule has 102 valence electrons. The molecule has 0 aromatic heterocycles. The number of anilines is 1. The second-order valence-electron chi connectivity index (χ2n) is 4.45. The molecule has 2 aromatic carbocycles. The van der Waals surface area contributed by atoms with Crippen molar-refractivity contribution in [1.29, 1.82) is 5.26 Å². The summed E-state index contributed by atoms with van der Waals surface area (Å²) in [6.45, 7) is 2.22. The molecule has 0 fully saturated rings. The third kappa shape index (κ3) is 3.07. The molecule has 0 unspecified atom stereocenters. The van der Waals surface area contributed by atoms with Crippen molar-refractivity contribution in [2.75, 3.05) is 12.4 Å². The Balaban J connectivity index is 2.18. The maximum absolute atomic E-state index is 13.7. The van der Waals surface area contributed by atoms with Crippen molar-refractivity contribution in [2.45, 2.75) is 13.5 Å². The lowest BCUT2D eigenvalue weighted by atomic mass is 10.1. The van der Waals surface area contributed by atoms with Crippen LogP contribution in [0.4, 0.5) is 10.1 Å². The van der Waals surface area contributed by atoms with Crippen molar-refractivity contribution in [3.8, 4) is 11.8 Å². The van der Waals surface area contributed by atoms with E-state index in [0.717, 1.165) is 11.3 Å². The van der Waals surface area contributed by atoms with Crippen molar-refractivity contribution < 1.29 is 9.13 Å². The van der Waals surface area contributed by atoms with E-state index in [1.54, 1.807) is 20.1 Å². The van der Waals surface area contributed by atoms with Gasteiger partial charge in [-0.3, -0.25) is 0 Å². The molecule has 0 aliphatic carbocycles. The van der Waals surface area contributed by atoms with Gasteiger partial charge in [0.15, 0.2) is 0 Å². The van der Waals surface area contributed by atoms with Gasteiger partial charge in [0, 0.05) is 17.8 Å². The van der Waals surface area contributed by atoms with E-state index < -0.39 is 0 Å². The second-order valence-corrected chi connectivity index (χ2v) is 4.45. The average Bonchev–Trinajstić information content (AvgIpc) is 2.48. The Hall–Kier alpha value is -2.54. The highest BCUT2D eigenvalue weighted by molar-refractivity contribution is 5.56. The number of hydrogen-bond acceptors (Lipinski definition) is 3. The van der Waals surface area contributed by atoms with Crippen molar-refractivity contribution in [3.05, 3.63) is 58.9 Å². The van der Waals surface area contributed by atoms with E-state index in [4.69, 9.17) is 10.00 Å². The molecule has 0 saturated heterocycles. The number of ether oxygens (including phenoxy) is 1. The van der Waals surface area contributed by atoms with Gasteiger partial charge >= 0.3 is 0 Å². The monoisotopic (exact) mass is 270 g/mol. The molecule has 0 atom stereocenters. The fourth-order valence-electron chi connectivity index (χ4n) is 1.91. The minimum Gasteiger partial charge on any atom is -0.497 e. The molecule has 0 spiro atoms. The third-order valence-corrected chi connectivity index (χ3v) is 3.09. The molecular weight excluding hydrogens is 255 g/mol. The zero-order chi connectivity index (χ0) is 14.5. The van der Waals surface area contributed by atoms with Gasteiger partial charge in [0.25, 0.3) is 0 Å². The van der Waals surface area contributed by atoms with Gasteiger partial charge in [-0.05, 0) is 36.8 Å². The number of nitriles is 1. The lowest BCUT2D eigenvalue weighted by Crippen LogP contribution is -2.03. The van der Waals surface area contributed by atoms with Crippen molar-refractivity contribution in [3.63, 3.8) is 0 Å². The van der Waals surface area contributed by atoms with E-state index in [0.29, 0.717) is 23.4 Å². The molecule has 0 aliphatic rings. The van der Waals surface area contributed by atoms with Crippen LogP contribution in [0.25, 0.3) is 0 Å². The molecule has 20 heavy (non-hydrogen) atoms. The minimum absolute atomic E-state index is 0.307. The van der Waals surface area contributed by atoms with Gasteiger partial charge in [0.2, 0.25) is 0 Å². The molecule has 0 saturated carbocycles. The van der Waals surface area contributed by atoms with Crippen molar-refractivity contribution in [2.24, 2.45) is 0 Å². The largest absolute Gasteiger partial charge is 0.497 e. The van der Waals surface area contributed by atoms with E-state index in [1.807, 2.05) is 30.3 Å². The van der Waals surface area contributed by atoms with Crippen LogP contribution in [0, 0.1) is 24.1 Å². The van der Waals surface area contributed by atoms with Crippen LogP contribution in [-0.2, 0) is 6.54 Å². The van der Waals surface area contributed by atoms with Crippen LogP contribution in [0.5, 0.6) is 5.75 Å². The first-order chi connectivity index (χ1) is 9.63. The maximum Gasteiger partial charge on any atom is 0.129 e. The van der Waals surface area contributed by atoms with Crippen LogP contribution in [0.1, 0.15) is 16.7 Å². The van der Waals surface area contributed by atoms with Gasteiger partial charge < -0.3 is 10.1 Å². The molecule has 2 aromatic rings. The molecule has 0 heterocycles. The maximum atomic E-state index is 13.7. The summed E-state index contributed by atoms with van der Waals surface area (Å²) in [5.41, 5.74) is 2.46. The van der Waals surface area contributed by atoms with Crippen LogP contribution in [0.15, 0.2) is 36.4 Å². The Morgan fingerprint density at radius 2 is 2.10 bits per heavy atom. The summed E-state index contributed by atoms with van der Waals surface area (Å²) in [6.07, 6.45) is 0. The van der Waals surface area contributed by atoms with Crippen LogP contribution in [0.3, 0.4) is 0 Å². The summed E-state index contributed by atoms with van der Waals surface area (Å²) in [5, 5.41) is 12.0. The second kappa shape index (κ2) is 6.07. The molecule has 1 N–H and O–H groups in total. The smallest absolute Gasteiger partial charge is 0.129 e. The Morgan fingerprint density at radius 3 is 2.80 bits per heavy atom. The first-order valence-electron chi connectivity index (χ1n) is 6.21. The van der Waals surface area contributed by atoms with Gasteiger partial charge in [-0.2, -0.15) is 5.26 Å². The average molecular weight is 270 g/mol. The predicted octanol–water partition coefficient (Wildman–Crippen LogP) is 3.63. The summed E-state index contributed by atoms with van der Waals surface area (Å²) >= 11 is 0. The summed E-state index contributed by atoms with van der Waals surface area (Å²) in [6, 6.07) is 12.5. The Kier molecular flexibility index (Phi) is 4.21. The third-order valence-electron chi connectivity index (χ3n) is 3.09. The Labute approximate surface area is 117 Å². The summed E-state index contributed by atoms with van der Waals surface area (Å²) < 4.78 is 18.8. The van der Waals surface area contributed by atoms with E-state index in [2.05, 4.69) is 5.32 Å². The highest BCUT2D eigenvalue weighted by Gasteiger charge is 2.07. The van der Waals surface area contributed by atoms with E-state index in [9.17, 15) is 4.39 Å². The zero-order valence-electron chi connectivity index (χ0n) is 11.4. The van der Waals surface area contributed by atoms with Crippen LogP contribution >= 0.6 is 0 Å². The number of benzene rings is 2. The standard InChI is InChI=1S/C16H15FN2O/c1-11-15(17)7-13(9-18)8-16(11)19-10-12-4-3-5-14(6-12)20-2/h3-8,19H,10H2,1-2H3. The van der Waals surface area contributed by atoms with Crippen LogP contribution in [-0.4, -0.2) is 7.11 Å². The van der Waals surface area contributed by atoms with E-state index >= 15 is 0 Å². The van der Waals surface area contributed by atoms with Gasteiger partial charge in [-0.1, -0.05) is 12.1 Å². The lowest BCUT2D eigenvalue weighted by Gasteiger charge is -2.11. The number of rotatable bonds is 4. The molecular formula is C16H15FN2O. The number of halogens is 1. The first-order valence-corrected chi connectivity index (χ1v) is 6.21. The molecule has 2 rings (SSSR count). The summed E-state index contributed by atoms with van der Waals surface area (Å²) in [7, 11) is 1.61. The number of nitrogens with one attached hydrogen (secondary N) is 1. The normalized spacial score (nSPS) is 9.90. The quantitative estimate of drug-likeness (QED) is 0.922. The molecule has 0 aliphatic heterocycles. The highest BCUT2D eigenvalue weighted by Crippen LogP contribution is 2.21. The Morgan fingerprint density at radius 1 is 1.30 bits per heavy atom. The fraction of sp³-hybridized carbons (Fsp3) is 0.188. The molecule has 0 bridgehead atoms. The van der Waals surface area contributed by atoms with E-state index in [-0.39, 0.29) is 5.82 Å². The lowest BCUT2D eigenvalue weighted by molar-refractivity contribution is 0.414. The van der Waals surface area contributed by atoms with Crippen LogP contribution < -0.4 is 10.1 Å². The molecule has 4 heteroatoms. The predicted molar refractivity (Wildman–Crippen MR) is 76.2 cm³/mol. The number of nitrogens with zero attached hydrogens (tertiary/aromatic N) is 1.